The molecule has 0 fully saturated rings. The standard InChI is InChI=1S/C22H27NO7S/c1-27-19(11-13-29-20(25)15-31)21(16-7-9-18(10-8-16)28-14-12-24)30-22(26)23-17-5-3-2-4-6-17/h2-10,19,21,24,31H,11-15H2,1H3,(H,23,26)/t19-,21-/m1/s1. The molecule has 0 aliphatic carbocycles. The molecular weight excluding hydrogens is 422 g/mol. The minimum atomic E-state index is -0.768. The van der Waals surface area contributed by atoms with E-state index in [1.807, 2.05) is 6.07 Å². The Morgan fingerprint density at radius 3 is 2.39 bits per heavy atom. The second-order valence-corrected chi connectivity index (χ2v) is 6.72. The van der Waals surface area contributed by atoms with E-state index >= 15 is 0 Å². The van der Waals surface area contributed by atoms with Gasteiger partial charge in [-0.3, -0.25) is 10.1 Å². The Balaban J connectivity index is 2.14. The van der Waals surface area contributed by atoms with Crippen molar-refractivity contribution in [1.82, 2.24) is 0 Å². The van der Waals surface area contributed by atoms with E-state index in [2.05, 4.69) is 17.9 Å². The predicted molar refractivity (Wildman–Crippen MR) is 119 cm³/mol. The molecule has 0 spiro atoms. The maximum absolute atomic E-state index is 12.5. The summed E-state index contributed by atoms with van der Waals surface area (Å²) in [6.07, 6.45) is -1.68. The molecule has 0 heterocycles. The number of hydrogen-bond donors (Lipinski definition) is 3. The summed E-state index contributed by atoms with van der Waals surface area (Å²) in [7, 11) is 1.50. The Bertz CT molecular complexity index is 801. The predicted octanol–water partition coefficient (Wildman–Crippen LogP) is 3.23. The fourth-order valence-corrected chi connectivity index (χ4v) is 2.88. The van der Waals surface area contributed by atoms with Crippen molar-refractivity contribution in [2.45, 2.75) is 18.6 Å². The third-order valence-electron chi connectivity index (χ3n) is 4.26. The minimum Gasteiger partial charge on any atom is -0.491 e. The van der Waals surface area contributed by atoms with Crippen molar-refractivity contribution in [2.24, 2.45) is 0 Å². The van der Waals surface area contributed by atoms with Crippen LogP contribution in [0.2, 0.25) is 0 Å². The second-order valence-electron chi connectivity index (χ2n) is 6.40. The van der Waals surface area contributed by atoms with Crippen LogP contribution in [-0.4, -0.2) is 56.0 Å². The van der Waals surface area contributed by atoms with Crippen molar-refractivity contribution in [3.8, 4) is 5.75 Å². The van der Waals surface area contributed by atoms with Gasteiger partial charge in [0, 0.05) is 19.2 Å². The van der Waals surface area contributed by atoms with Crippen molar-refractivity contribution in [2.75, 3.05) is 38.0 Å². The number of benzene rings is 2. The lowest BCUT2D eigenvalue weighted by Gasteiger charge is -2.26. The van der Waals surface area contributed by atoms with Crippen molar-refractivity contribution in [3.63, 3.8) is 0 Å². The number of hydrogen-bond acceptors (Lipinski definition) is 8. The third kappa shape index (κ3) is 8.49. The smallest absolute Gasteiger partial charge is 0.412 e. The number of amides is 1. The normalized spacial score (nSPS) is 12.5. The van der Waals surface area contributed by atoms with Crippen LogP contribution in [0.15, 0.2) is 54.6 Å². The molecule has 0 aliphatic heterocycles. The molecule has 8 nitrogen and oxygen atoms in total. The summed E-state index contributed by atoms with van der Waals surface area (Å²) in [6.45, 7) is 0.176. The highest BCUT2D eigenvalue weighted by Gasteiger charge is 2.28. The van der Waals surface area contributed by atoms with Crippen molar-refractivity contribution in [3.05, 3.63) is 60.2 Å². The van der Waals surface area contributed by atoms with E-state index in [1.165, 1.54) is 7.11 Å². The van der Waals surface area contributed by atoms with Gasteiger partial charge in [-0.2, -0.15) is 12.6 Å². The molecule has 2 aromatic carbocycles. The van der Waals surface area contributed by atoms with Crippen LogP contribution in [0.5, 0.6) is 5.75 Å². The third-order valence-corrected chi connectivity index (χ3v) is 4.52. The number of rotatable bonds is 12. The van der Waals surface area contributed by atoms with Crippen LogP contribution < -0.4 is 10.1 Å². The molecular formula is C22H27NO7S. The summed E-state index contributed by atoms with van der Waals surface area (Å²) in [5.41, 5.74) is 1.27. The first-order valence-electron chi connectivity index (χ1n) is 9.73. The maximum Gasteiger partial charge on any atom is 0.412 e. The molecule has 0 saturated heterocycles. The molecule has 2 atom stereocenters. The molecule has 31 heavy (non-hydrogen) atoms. The van der Waals surface area contributed by atoms with E-state index in [0.717, 1.165) is 0 Å². The molecule has 2 N–H and O–H groups in total. The first-order valence-corrected chi connectivity index (χ1v) is 10.4. The van der Waals surface area contributed by atoms with Crippen LogP contribution in [0.4, 0.5) is 10.5 Å². The van der Waals surface area contributed by atoms with Gasteiger partial charge in [-0.15, -0.1) is 0 Å². The molecule has 168 valence electrons. The SMILES string of the molecule is CO[C@H](CCOC(=O)CS)[C@H](OC(=O)Nc1ccccc1)c1ccc(OCCO)cc1. The van der Waals surface area contributed by atoms with Crippen LogP contribution >= 0.6 is 12.6 Å². The van der Waals surface area contributed by atoms with E-state index in [-0.39, 0.29) is 25.6 Å². The topological polar surface area (TPSA) is 103 Å². The van der Waals surface area contributed by atoms with E-state index in [1.54, 1.807) is 48.5 Å². The van der Waals surface area contributed by atoms with Crippen molar-refractivity contribution >= 4 is 30.4 Å². The van der Waals surface area contributed by atoms with Gasteiger partial charge in [0.1, 0.15) is 18.5 Å². The highest BCUT2D eigenvalue weighted by Crippen LogP contribution is 2.28. The van der Waals surface area contributed by atoms with E-state index < -0.39 is 24.3 Å². The van der Waals surface area contributed by atoms with Gasteiger partial charge in [0.15, 0.2) is 6.10 Å². The molecule has 0 aromatic heterocycles. The maximum atomic E-state index is 12.5. The molecule has 0 aliphatic rings. The molecule has 0 saturated carbocycles. The molecule has 2 rings (SSSR count). The number of anilines is 1. The summed E-state index contributed by atoms with van der Waals surface area (Å²) < 4.78 is 21.7. The average Bonchev–Trinajstić information content (AvgIpc) is 2.80. The van der Waals surface area contributed by atoms with Crippen LogP contribution in [-0.2, 0) is 19.0 Å². The summed E-state index contributed by atoms with van der Waals surface area (Å²) in [4.78, 5) is 23.9. The molecule has 0 bridgehead atoms. The lowest BCUT2D eigenvalue weighted by atomic mass is 10.0. The van der Waals surface area contributed by atoms with Crippen LogP contribution in [0.3, 0.4) is 0 Å². The molecule has 0 unspecified atom stereocenters. The number of aliphatic hydroxyl groups is 1. The molecule has 0 radical (unpaired) electrons. The summed E-state index contributed by atoms with van der Waals surface area (Å²) in [5.74, 6) is 0.108. The number of para-hydroxylation sites is 1. The van der Waals surface area contributed by atoms with E-state index in [9.17, 15) is 9.59 Å². The molecule has 1 amide bonds. The summed E-state index contributed by atoms with van der Waals surface area (Å²) in [6, 6.07) is 15.8. The number of ether oxygens (including phenoxy) is 4. The monoisotopic (exact) mass is 449 g/mol. The van der Waals surface area contributed by atoms with Crippen LogP contribution in [0, 0.1) is 0 Å². The van der Waals surface area contributed by atoms with Gasteiger partial charge in [-0.1, -0.05) is 30.3 Å². The van der Waals surface area contributed by atoms with Gasteiger partial charge in [-0.25, -0.2) is 4.79 Å². The zero-order valence-electron chi connectivity index (χ0n) is 17.2. The number of thiol groups is 1. The van der Waals surface area contributed by atoms with Crippen LogP contribution in [0.25, 0.3) is 0 Å². The molecule has 2 aromatic rings. The Labute approximate surface area is 186 Å². The van der Waals surface area contributed by atoms with Gasteiger partial charge < -0.3 is 24.1 Å². The quantitative estimate of drug-likeness (QED) is 0.338. The zero-order chi connectivity index (χ0) is 22.5. The van der Waals surface area contributed by atoms with Crippen molar-refractivity contribution in [1.29, 1.82) is 0 Å². The Kier molecular flexibility index (Phi) is 10.7. The van der Waals surface area contributed by atoms with Crippen LogP contribution in [0.1, 0.15) is 18.1 Å². The Morgan fingerprint density at radius 2 is 1.77 bits per heavy atom. The fourth-order valence-electron chi connectivity index (χ4n) is 2.79. The largest absolute Gasteiger partial charge is 0.491 e. The first kappa shape index (κ1) is 24.5. The number of nitrogens with one attached hydrogen (secondary N) is 1. The van der Waals surface area contributed by atoms with Gasteiger partial charge in [0.05, 0.1) is 19.0 Å². The van der Waals surface area contributed by atoms with E-state index in [0.29, 0.717) is 23.4 Å². The zero-order valence-corrected chi connectivity index (χ0v) is 18.1. The van der Waals surface area contributed by atoms with Crippen molar-refractivity contribution < 1.29 is 33.6 Å². The fraction of sp³-hybridized carbons (Fsp3) is 0.364. The second kappa shape index (κ2) is 13.5. The van der Waals surface area contributed by atoms with Gasteiger partial charge in [-0.05, 0) is 29.8 Å². The van der Waals surface area contributed by atoms with Gasteiger partial charge >= 0.3 is 12.1 Å². The number of esters is 1. The van der Waals surface area contributed by atoms with Gasteiger partial charge in [0.25, 0.3) is 0 Å². The average molecular weight is 450 g/mol. The first-order chi connectivity index (χ1) is 15.1. The summed E-state index contributed by atoms with van der Waals surface area (Å²) in [5, 5.41) is 11.6. The number of carbonyl (C=O) groups is 2. The Morgan fingerprint density at radius 1 is 1.06 bits per heavy atom. The van der Waals surface area contributed by atoms with Gasteiger partial charge in [0.2, 0.25) is 0 Å². The molecule has 9 heteroatoms. The number of carbonyl (C=O) groups excluding carboxylic acids is 2. The highest BCUT2D eigenvalue weighted by atomic mass is 32.1. The Hall–Kier alpha value is -2.75. The lowest BCUT2D eigenvalue weighted by molar-refractivity contribution is -0.141. The number of methoxy groups -OCH3 is 1. The van der Waals surface area contributed by atoms with E-state index in [4.69, 9.17) is 24.1 Å². The summed E-state index contributed by atoms with van der Waals surface area (Å²) >= 11 is 3.88. The highest BCUT2D eigenvalue weighted by molar-refractivity contribution is 7.81. The number of aliphatic hydroxyl groups excluding tert-OH is 1. The lowest BCUT2D eigenvalue weighted by Crippen LogP contribution is -2.29. The minimum absolute atomic E-state index is 0.0215.